The van der Waals surface area contributed by atoms with Gasteiger partial charge in [-0.25, -0.2) is 13.1 Å². The number of thioether (sulfide) groups is 1. The van der Waals surface area contributed by atoms with Crippen molar-refractivity contribution in [2.24, 2.45) is 0 Å². The Morgan fingerprint density at radius 1 is 1.54 bits per heavy atom. The van der Waals surface area contributed by atoms with Gasteiger partial charge in [-0.2, -0.15) is 0 Å². The van der Waals surface area contributed by atoms with Gasteiger partial charge in [0.25, 0.3) is 0 Å². The lowest BCUT2D eigenvalue weighted by atomic mass is 10.6. The first-order valence-corrected chi connectivity index (χ1v) is 7.23. The molecule has 1 fully saturated rings. The van der Waals surface area contributed by atoms with E-state index >= 15 is 0 Å². The Hall–Kier alpha value is 0.220. The quantitative estimate of drug-likeness (QED) is 0.723. The van der Waals surface area contributed by atoms with Crippen molar-refractivity contribution in [3.8, 4) is 0 Å². The molecule has 1 rings (SSSR count). The Kier molecular flexibility index (Phi) is 6.75. The summed E-state index contributed by atoms with van der Waals surface area (Å²) in [7, 11) is -3.02. The second kappa shape index (κ2) is 6.64. The van der Waals surface area contributed by atoms with Crippen molar-refractivity contribution in [2.45, 2.75) is 25.6 Å². The van der Waals surface area contributed by atoms with Crippen LogP contribution in [0, 0.1) is 0 Å². The van der Waals surface area contributed by atoms with Gasteiger partial charge in [-0.15, -0.1) is 11.8 Å². The summed E-state index contributed by atoms with van der Waals surface area (Å²) in [5.41, 5.74) is 0. The molecular weight excluding hydrogens is 208 g/mol. The van der Waals surface area contributed by atoms with Crippen LogP contribution in [0.2, 0.25) is 0 Å². The zero-order valence-corrected chi connectivity index (χ0v) is 9.96. The van der Waals surface area contributed by atoms with Crippen LogP contribution in [0.3, 0.4) is 0 Å². The van der Waals surface area contributed by atoms with Gasteiger partial charge in [0, 0.05) is 12.4 Å². The Labute approximate surface area is 84.9 Å². The zero-order chi connectivity index (χ0) is 10.3. The minimum atomic E-state index is -3.02. The number of hydrogen-bond acceptors (Lipinski definition) is 4. The number of hydrogen-bond donors (Lipinski definition) is 2. The minimum absolute atomic E-state index is 0.0231. The van der Waals surface area contributed by atoms with Gasteiger partial charge in [-0.05, 0) is 0 Å². The van der Waals surface area contributed by atoms with Gasteiger partial charge in [0.2, 0.25) is 10.0 Å². The van der Waals surface area contributed by atoms with E-state index in [1.807, 2.05) is 0 Å². The highest BCUT2D eigenvalue weighted by Crippen LogP contribution is 2.11. The zero-order valence-electron chi connectivity index (χ0n) is 8.33. The van der Waals surface area contributed by atoms with E-state index in [1.165, 1.54) is 12.7 Å². The molecule has 1 aliphatic rings. The maximum atomic E-state index is 10.6. The molecule has 0 bridgehead atoms. The van der Waals surface area contributed by atoms with Gasteiger partial charge < -0.3 is 5.32 Å². The van der Waals surface area contributed by atoms with Crippen LogP contribution in [0.5, 0.6) is 0 Å². The van der Waals surface area contributed by atoms with Crippen LogP contribution in [0.1, 0.15) is 20.3 Å². The maximum absolute atomic E-state index is 10.6. The molecule has 0 radical (unpaired) electrons. The fraction of sp³-hybridized carbons (Fsp3) is 1.00. The third-order valence-corrected chi connectivity index (χ3v) is 2.98. The predicted molar refractivity (Wildman–Crippen MR) is 58.2 cm³/mol. The minimum Gasteiger partial charge on any atom is -0.305 e. The van der Waals surface area contributed by atoms with Gasteiger partial charge in [-0.1, -0.05) is 20.3 Å². The standard InChI is InChI=1S/C4H10N2O2S2.C3H8/c1-10(7,8)6-4-2-5-3-9-4;1-3-2/h4-6H,2-3H2,1H3;3H2,1-2H3. The van der Waals surface area contributed by atoms with Gasteiger partial charge >= 0.3 is 0 Å². The largest absolute Gasteiger partial charge is 0.305 e. The SMILES string of the molecule is CCC.CS(=O)(=O)NC1CNCS1. The summed E-state index contributed by atoms with van der Waals surface area (Å²) < 4.78 is 23.8. The summed E-state index contributed by atoms with van der Waals surface area (Å²) in [6, 6.07) is 0. The fourth-order valence-electron chi connectivity index (χ4n) is 0.723. The summed E-state index contributed by atoms with van der Waals surface area (Å²) in [6.07, 6.45) is 2.42. The molecule has 0 aromatic heterocycles. The summed E-state index contributed by atoms with van der Waals surface area (Å²) in [5, 5.41) is 3.05. The molecule has 0 aromatic rings. The molecule has 1 heterocycles. The third kappa shape index (κ3) is 8.55. The van der Waals surface area contributed by atoms with Crippen molar-refractivity contribution < 1.29 is 8.42 Å². The van der Waals surface area contributed by atoms with Gasteiger partial charge in [-0.3, -0.25) is 0 Å². The highest BCUT2D eigenvalue weighted by Gasteiger charge is 2.17. The highest BCUT2D eigenvalue weighted by molar-refractivity contribution is 8.01. The van der Waals surface area contributed by atoms with Gasteiger partial charge in [0.05, 0.1) is 11.6 Å². The smallest absolute Gasteiger partial charge is 0.209 e. The third-order valence-electron chi connectivity index (χ3n) is 1.06. The van der Waals surface area contributed by atoms with Crippen LogP contribution in [0.4, 0.5) is 0 Å². The topological polar surface area (TPSA) is 58.2 Å². The van der Waals surface area contributed by atoms with Crippen molar-refractivity contribution in [3.05, 3.63) is 0 Å². The lowest BCUT2D eigenvalue weighted by Gasteiger charge is -2.06. The monoisotopic (exact) mass is 226 g/mol. The molecule has 0 amide bonds. The number of sulfonamides is 1. The summed E-state index contributed by atoms with van der Waals surface area (Å²) in [4.78, 5) is 0. The van der Waals surface area contributed by atoms with Crippen molar-refractivity contribution in [2.75, 3.05) is 18.7 Å². The van der Waals surface area contributed by atoms with Crippen LogP contribution < -0.4 is 10.0 Å². The Balaban J connectivity index is 0.000000424. The van der Waals surface area contributed by atoms with Crippen molar-refractivity contribution >= 4 is 21.8 Å². The van der Waals surface area contributed by atoms with Crippen LogP contribution >= 0.6 is 11.8 Å². The molecule has 4 nitrogen and oxygen atoms in total. The summed E-state index contributed by atoms with van der Waals surface area (Å²) in [5.74, 6) is 0.827. The average Bonchev–Trinajstić information content (AvgIpc) is 2.37. The van der Waals surface area contributed by atoms with Crippen LogP contribution in [0.25, 0.3) is 0 Å². The van der Waals surface area contributed by atoms with E-state index in [9.17, 15) is 8.42 Å². The first kappa shape index (κ1) is 13.2. The molecular formula is C7H18N2O2S2. The van der Waals surface area contributed by atoms with Gasteiger partial charge in [0.1, 0.15) is 0 Å². The Morgan fingerprint density at radius 3 is 2.38 bits per heavy atom. The van der Waals surface area contributed by atoms with E-state index in [-0.39, 0.29) is 5.37 Å². The van der Waals surface area contributed by atoms with Crippen LogP contribution in [-0.4, -0.2) is 32.5 Å². The van der Waals surface area contributed by atoms with Gasteiger partial charge in [0.15, 0.2) is 0 Å². The number of nitrogens with one attached hydrogen (secondary N) is 2. The van der Waals surface area contributed by atoms with E-state index in [4.69, 9.17) is 0 Å². The number of rotatable bonds is 2. The van der Waals surface area contributed by atoms with E-state index < -0.39 is 10.0 Å². The van der Waals surface area contributed by atoms with E-state index in [1.54, 1.807) is 11.8 Å². The first-order valence-electron chi connectivity index (χ1n) is 4.29. The molecule has 13 heavy (non-hydrogen) atoms. The van der Waals surface area contributed by atoms with E-state index in [0.717, 1.165) is 12.4 Å². The average molecular weight is 226 g/mol. The molecule has 1 aliphatic heterocycles. The fourth-order valence-corrected chi connectivity index (χ4v) is 2.75. The second-order valence-electron chi connectivity index (χ2n) is 2.85. The molecule has 0 saturated carbocycles. The normalized spacial score (nSPS) is 22.2. The van der Waals surface area contributed by atoms with Crippen LogP contribution in [-0.2, 0) is 10.0 Å². The molecule has 1 saturated heterocycles. The molecule has 0 spiro atoms. The molecule has 1 unspecified atom stereocenters. The Bertz CT molecular complexity index is 211. The lowest BCUT2D eigenvalue weighted by Crippen LogP contribution is -2.33. The second-order valence-corrected chi connectivity index (χ2v) is 5.82. The predicted octanol–water partition coefficient (Wildman–Crippen LogP) is 0.572. The van der Waals surface area contributed by atoms with E-state index in [0.29, 0.717) is 0 Å². The van der Waals surface area contributed by atoms with Crippen molar-refractivity contribution in [1.82, 2.24) is 10.0 Å². The molecule has 2 N–H and O–H groups in total. The van der Waals surface area contributed by atoms with Crippen molar-refractivity contribution in [3.63, 3.8) is 0 Å². The van der Waals surface area contributed by atoms with E-state index in [2.05, 4.69) is 23.9 Å². The molecule has 0 aromatic carbocycles. The lowest BCUT2D eigenvalue weighted by molar-refractivity contribution is 0.583. The van der Waals surface area contributed by atoms with Crippen molar-refractivity contribution in [1.29, 1.82) is 0 Å². The Morgan fingerprint density at radius 2 is 2.08 bits per heavy atom. The van der Waals surface area contributed by atoms with Crippen LogP contribution in [0.15, 0.2) is 0 Å². The summed E-state index contributed by atoms with van der Waals surface area (Å²) >= 11 is 1.57. The summed E-state index contributed by atoms with van der Waals surface area (Å²) in [6.45, 7) is 4.97. The molecule has 0 aliphatic carbocycles. The highest BCUT2D eigenvalue weighted by atomic mass is 32.2. The maximum Gasteiger partial charge on any atom is 0.209 e. The molecule has 80 valence electrons. The first-order chi connectivity index (χ1) is 5.99. The molecule has 6 heteroatoms. The molecule has 1 atom stereocenters.